The van der Waals surface area contributed by atoms with Gasteiger partial charge >= 0.3 is 0 Å². The van der Waals surface area contributed by atoms with Gasteiger partial charge in [-0.2, -0.15) is 0 Å². The van der Waals surface area contributed by atoms with Crippen LogP contribution in [0.25, 0.3) is 0 Å². The monoisotopic (exact) mass is 234 g/mol. The molecule has 4 aliphatic rings. The topological polar surface area (TPSA) is 38.0 Å². The van der Waals surface area contributed by atoms with E-state index >= 15 is 0 Å². The van der Waals surface area contributed by atoms with Crippen molar-refractivity contribution in [3.8, 4) is 0 Å². The maximum atomic E-state index is 5.81. The number of hydrogen-bond donors (Lipinski definition) is 2. The third-order valence-electron chi connectivity index (χ3n) is 5.55. The van der Waals surface area contributed by atoms with Gasteiger partial charge in [0.1, 0.15) is 0 Å². The molecule has 0 amide bonds. The highest BCUT2D eigenvalue weighted by atomic mass is 15.2. The van der Waals surface area contributed by atoms with E-state index in [1.165, 1.54) is 37.7 Å². The van der Waals surface area contributed by atoms with Crippen LogP contribution in [0.2, 0.25) is 0 Å². The normalized spacial score (nSPS) is 44.9. The third kappa shape index (κ3) is 2.06. The molecule has 0 heterocycles. The largest absolute Gasteiger partial charge is 0.271 e. The fourth-order valence-electron chi connectivity index (χ4n) is 5.31. The molecule has 3 N–H and O–H groups in total. The summed E-state index contributed by atoms with van der Waals surface area (Å²) in [5.74, 6) is 10.6. The summed E-state index contributed by atoms with van der Waals surface area (Å²) >= 11 is 0. The second kappa shape index (κ2) is 4.40. The molecule has 96 valence electrons. The minimum Gasteiger partial charge on any atom is -0.271 e. The molecule has 4 rings (SSSR count). The zero-order valence-corrected chi connectivity index (χ0v) is 11.0. The Morgan fingerprint density at radius 2 is 1.71 bits per heavy atom. The van der Waals surface area contributed by atoms with Crippen LogP contribution in [0.3, 0.4) is 0 Å². The molecular formula is C15H26N2. The smallest absolute Gasteiger partial charge is 0.0280 e. The van der Waals surface area contributed by atoms with Gasteiger partial charge in [-0.05, 0) is 75.0 Å². The molecule has 0 aromatic rings. The van der Waals surface area contributed by atoms with Crippen LogP contribution >= 0.6 is 0 Å². The highest BCUT2D eigenvalue weighted by Crippen LogP contribution is 2.57. The van der Waals surface area contributed by atoms with E-state index in [1.807, 2.05) is 0 Å². The van der Waals surface area contributed by atoms with Gasteiger partial charge in [0.15, 0.2) is 0 Å². The van der Waals surface area contributed by atoms with Crippen molar-refractivity contribution in [2.24, 2.45) is 35.4 Å². The average molecular weight is 234 g/mol. The van der Waals surface area contributed by atoms with Crippen LogP contribution in [0, 0.1) is 29.6 Å². The number of nitrogens with one attached hydrogen (secondary N) is 1. The molecule has 0 radical (unpaired) electrons. The predicted molar refractivity (Wildman–Crippen MR) is 71.1 cm³/mol. The Morgan fingerprint density at radius 1 is 1.18 bits per heavy atom. The lowest BCUT2D eigenvalue weighted by Crippen LogP contribution is -2.54. The molecule has 2 nitrogen and oxygen atoms in total. The van der Waals surface area contributed by atoms with Crippen LogP contribution in [0.15, 0.2) is 12.2 Å². The number of hydrogen-bond acceptors (Lipinski definition) is 2. The second-order valence-corrected chi connectivity index (χ2v) is 6.94. The first-order valence-corrected chi connectivity index (χ1v) is 7.28. The van der Waals surface area contributed by atoms with E-state index in [0.29, 0.717) is 6.04 Å². The summed E-state index contributed by atoms with van der Waals surface area (Å²) in [4.78, 5) is 0. The molecule has 4 aliphatic carbocycles. The van der Waals surface area contributed by atoms with Crippen molar-refractivity contribution < 1.29 is 0 Å². The molecule has 0 aromatic carbocycles. The molecule has 2 heteroatoms. The van der Waals surface area contributed by atoms with Gasteiger partial charge in [-0.15, -0.1) is 6.58 Å². The van der Waals surface area contributed by atoms with Crippen molar-refractivity contribution >= 4 is 0 Å². The number of hydrazine groups is 1. The molecule has 4 fully saturated rings. The quantitative estimate of drug-likeness (QED) is 0.446. The van der Waals surface area contributed by atoms with Gasteiger partial charge in [0.05, 0.1) is 0 Å². The lowest BCUT2D eigenvalue weighted by atomic mass is 9.50. The zero-order valence-electron chi connectivity index (χ0n) is 11.0. The Hall–Kier alpha value is -0.340. The van der Waals surface area contributed by atoms with Crippen LogP contribution in [0.4, 0.5) is 0 Å². The van der Waals surface area contributed by atoms with E-state index in [9.17, 15) is 0 Å². The number of nitrogens with two attached hydrogens (primary N) is 1. The molecule has 0 saturated heterocycles. The Kier molecular flexibility index (Phi) is 3.04. The van der Waals surface area contributed by atoms with Gasteiger partial charge in [-0.3, -0.25) is 11.3 Å². The maximum Gasteiger partial charge on any atom is 0.0280 e. The van der Waals surface area contributed by atoms with Crippen LogP contribution in [0.1, 0.15) is 45.4 Å². The molecule has 1 unspecified atom stereocenters. The van der Waals surface area contributed by atoms with E-state index in [1.54, 1.807) is 0 Å². The van der Waals surface area contributed by atoms with Crippen molar-refractivity contribution in [2.45, 2.75) is 51.5 Å². The van der Waals surface area contributed by atoms with E-state index in [2.05, 4.69) is 18.9 Å². The highest BCUT2D eigenvalue weighted by molar-refractivity contribution is 5.04. The van der Waals surface area contributed by atoms with Gasteiger partial charge in [0, 0.05) is 6.04 Å². The predicted octanol–water partition coefficient (Wildman–Crippen LogP) is 2.86. The summed E-state index contributed by atoms with van der Waals surface area (Å²) in [6, 6.07) is 0.475. The Labute approximate surface area is 105 Å². The summed E-state index contributed by atoms with van der Waals surface area (Å²) in [5, 5.41) is 0. The first-order chi connectivity index (χ1) is 8.17. The van der Waals surface area contributed by atoms with Crippen molar-refractivity contribution in [2.75, 3.05) is 0 Å². The zero-order chi connectivity index (χ0) is 12.0. The number of rotatable bonds is 4. The van der Waals surface area contributed by atoms with Gasteiger partial charge in [0.2, 0.25) is 0 Å². The van der Waals surface area contributed by atoms with E-state index < -0.39 is 0 Å². The van der Waals surface area contributed by atoms with Gasteiger partial charge < -0.3 is 0 Å². The molecule has 17 heavy (non-hydrogen) atoms. The van der Waals surface area contributed by atoms with Crippen molar-refractivity contribution in [3.63, 3.8) is 0 Å². The summed E-state index contributed by atoms with van der Waals surface area (Å²) in [6.45, 7) is 6.19. The van der Waals surface area contributed by atoms with Crippen LogP contribution < -0.4 is 11.3 Å². The highest BCUT2D eigenvalue weighted by Gasteiger charge is 2.50. The second-order valence-electron chi connectivity index (χ2n) is 6.94. The SMILES string of the molecule is C=C(C)CC(NN)C1C2CC3CC(C2)CC1C3. The van der Waals surface area contributed by atoms with Gasteiger partial charge in [-0.25, -0.2) is 0 Å². The maximum absolute atomic E-state index is 5.81. The van der Waals surface area contributed by atoms with Crippen molar-refractivity contribution in [1.29, 1.82) is 0 Å². The minimum absolute atomic E-state index is 0.475. The molecule has 4 saturated carbocycles. The molecule has 1 atom stereocenters. The van der Waals surface area contributed by atoms with E-state index in [4.69, 9.17) is 5.84 Å². The molecule has 0 spiro atoms. The third-order valence-corrected chi connectivity index (χ3v) is 5.55. The first-order valence-electron chi connectivity index (χ1n) is 7.28. The molecule has 0 aromatic heterocycles. The molecular weight excluding hydrogens is 208 g/mol. The van der Waals surface area contributed by atoms with Crippen molar-refractivity contribution in [1.82, 2.24) is 5.43 Å². The standard InChI is InChI=1S/C15H26N2/c1-9(2)3-14(17-16)15-12-5-10-4-11(7-12)8-13(15)6-10/h10-15,17H,1,3-8,16H2,2H3. The van der Waals surface area contributed by atoms with E-state index in [-0.39, 0.29) is 0 Å². The molecule has 0 aliphatic heterocycles. The summed E-state index contributed by atoms with van der Waals surface area (Å²) in [7, 11) is 0. The Balaban J connectivity index is 1.76. The van der Waals surface area contributed by atoms with Gasteiger partial charge in [-0.1, -0.05) is 5.57 Å². The lowest BCUT2D eigenvalue weighted by Gasteiger charge is -2.56. The summed E-state index contributed by atoms with van der Waals surface area (Å²) in [5.41, 5.74) is 4.37. The van der Waals surface area contributed by atoms with Gasteiger partial charge in [0.25, 0.3) is 0 Å². The van der Waals surface area contributed by atoms with Crippen molar-refractivity contribution in [3.05, 3.63) is 12.2 Å². The Bertz CT molecular complexity index is 282. The fourth-order valence-corrected chi connectivity index (χ4v) is 5.31. The Morgan fingerprint density at radius 3 is 2.12 bits per heavy atom. The van der Waals surface area contributed by atoms with Crippen LogP contribution in [-0.4, -0.2) is 6.04 Å². The fraction of sp³-hybridized carbons (Fsp3) is 0.867. The molecule has 4 bridgehead atoms. The van der Waals surface area contributed by atoms with Crippen LogP contribution in [0.5, 0.6) is 0 Å². The lowest BCUT2D eigenvalue weighted by molar-refractivity contribution is -0.0517. The minimum atomic E-state index is 0.475. The average Bonchev–Trinajstić information content (AvgIpc) is 2.25. The summed E-state index contributed by atoms with van der Waals surface area (Å²) < 4.78 is 0. The van der Waals surface area contributed by atoms with E-state index in [0.717, 1.165) is 36.0 Å². The van der Waals surface area contributed by atoms with Crippen LogP contribution in [-0.2, 0) is 0 Å². The first kappa shape index (κ1) is 11.7. The summed E-state index contributed by atoms with van der Waals surface area (Å²) in [6.07, 6.45) is 8.50.